The van der Waals surface area contributed by atoms with Gasteiger partial charge in [-0.2, -0.15) is 0 Å². The standard InChI is InChI=1S/C21H30N4O2S/c1-14-5-3-6-18(15(14)2)22-21(28)24-23-20(27)17-10-8-16(9-11-17)13-25-12-4-7-19(25)26/h8-11,14-15,18H,3-7,12-13H2,1-2H3,(H,23,27)(H2,22,24,28)/t14-,15+,18-/m0/s1. The predicted octanol–water partition coefficient (Wildman–Crippen LogP) is 2.74. The van der Waals surface area contributed by atoms with Crippen molar-refractivity contribution in [3.63, 3.8) is 0 Å². The Balaban J connectivity index is 1.45. The predicted molar refractivity (Wildman–Crippen MR) is 113 cm³/mol. The Hall–Kier alpha value is -2.15. The lowest BCUT2D eigenvalue weighted by Crippen LogP contribution is -2.52. The highest BCUT2D eigenvalue weighted by atomic mass is 32.1. The van der Waals surface area contributed by atoms with Crippen LogP contribution in [0.25, 0.3) is 0 Å². The summed E-state index contributed by atoms with van der Waals surface area (Å²) >= 11 is 5.33. The number of nitrogens with zero attached hydrogens (tertiary/aromatic N) is 1. The lowest BCUT2D eigenvalue weighted by Gasteiger charge is -2.35. The maximum atomic E-state index is 12.3. The SMILES string of the molecule is C[C@H]1[C@@H](NC(=S)NNC(=O)c2ccc(CN3CCCC3=O)cc2)CCC[C@@H]1C. The summed E-state index contributed by atoms with van der Waals surface area (Å²) in [7, 11) is 0. The smallest absolute Gasteiger partial charge is 0.269 e. The van der Waals surface area contributed by atoms with Gasteiger partial charge in [0.05, 0.1) is 0 Å². The average molecular weight is 403 g/mol. The molecule has 1 saturated carbocycles. The Labute approximate surface area is 172 Å². The number of carbonyl (C=O) groups is 2. The van der Waals surface area contributed by atoms with E-state index in [4.69, 9.17) is 12.2 Å². The molecule has 2 fully saturated rings. The Morgan fingerprint density at radius 1 is 1.14 bits per heavy atom. The Kier molecular flexibility index (Phi) is 6.88. The quantitative estimate of drug-likeness (QED) is 0.533. The number of hydrazine groups is 1. The van der Waals surface area contributed by atoms with Gasteiger partial charge >= 0.3 is 0 Å². The third-order valence-corrected chi connectivity index (χ3v) is 6.29. The van der Waals surface area contributed by atoms with Crippen LogP contribution < -0.4 is 16.2 Å². The van der Waals surface area contributed by atoms with Crippen LogP contribution >= 0.6 is 12.2 Å². The van der Waals surface area contributed by atoms with Crippen molar-refractivity contribution in [3.05, 3.63) is 35.4 Å². The first-order valence-electron chi connectivity index (χ1n) is 10.2. The minimum Gasteiger partial charge on any atom is -0.358 e. The van der Waals surface area contributed by atoms with Crippen LogP contribution in [0, 0.1) is 11.8 Å². The van der Waals surface area contributed by atoms with Crippen LogP contribution in [-0.4, -0.2) is 34.4 Å². The first-order chi connectivity index (χ1) is 13.4. The summed E-state index contributed by atoms with van der Waals surface area (Å²) in [5.74, 6) is 1.20. The third kappa shape index (κ3) is 5.22. The minimum absolute atomic E-state index is 0.203. The van der Waals surface area contributed by atoms with Gasteiger partial charge in [0.25, 0.3) is 5.91 Å². The largest absolute Gasteiger partial charge is 0.358 e. The van der Waals surface area contributed by atoms with Crippen LogP contribution in [0.2, 0.25) is 0 Å². The Morgan fingerprint density at radius 3 is 2.57 bits per heavy atom. The van der Waals surface area contributed by atoms with Gasteiger partial charge in [-0.1, -0.05) is 38.8 Å². The van der Waals surface area contributed by atoms with Crippen molar-refractivity contribution in [2.24, 2.45) is 11.8 Å². The van der Waals surface area contributed by atoms with Crippen LogP contribution in [0.1, 0.15) is 61.9 Å². The number of rotatable bonds is 4. The van der Waals surface area contributed by atoms with E-state index in [0.717, 1.165) is 24.9 Å². The molecule has 1 aliphatic carbocycles. The molecule has 3 rings (SSSR count). The van der Waals surface area contributed by atoms with E-state index in [0.29, 0.717) is 41.5 Å². The molecule has 0 aromatic heterocycles. The number of thiocarbonyl (C=S) groups is 1. The summed E-state index contributed by atoms with van der Waals surface area (Å²) in [6.45, 7) is 5.94. The topological polar surface area (TPSA) is 73.5 Å². The van der Waals surface area contributed by atoms with Crippen molar-refractivity contribution in [1.29, 1.82) is 0 Å². The molecular weight excluding hydrogens is 372 g/mol. The fraction of sp³-hybridized carbons (Fsp3) is 0.571. The molecule has 3 N–H and O–H groups in total. The average Bonchev–Trinajstić information content (AvgIpc) is 3.09. The zero-order valence-electron chi connectivity index (χ0n) is 16.7. The Morgan fingerprint density at radius 2 is 1.89 bits per heavy atom. The van der Waals surface area contributed by atoms with Crippen LogP contribution in [0.4, 0.5) is 0 Å². The molecular formula is C21H30N4O2S. The molecule has 2 aliphatic rings. The molecule has 2 amide bonds. The number of likely N-dealkylation sites (tertiary alicyclic amines) is 1. The molecule has 1 aliphatic heterocycles. The fourth-order valence-corrected chi connectivity index (χ4v) is 4.23. The van der Waals surface area contributed by atoms with Gasteiger partial charge in [0.2, 0.25) is 5.91 Å². The lowest BCUT2D eigenvalue weighted by atomic mass is 9.78. The molecule has 3 atom stereocenters. The molecule has 28 heavy (non-hydrogen) atoms. The molecule has 7 heteroatoms. The summed E-state index contributed by atoms with van der Waals surface area (Å²) in [6, 6.07) is 7.67. The highest BCUT2D eigenvalue weighted by Gasteiger charge is 2.27. The van der Waals surface area contributed by atoms with E-state index in [1.165, 1.54) is 12.8 Å². The number of carbonyl (C=O) groups excluding carboxylic acids is 2. The summed E-state index contributed by atoms with van der Waals surface area (Å²) < 4.78 is 0. The van der Waals surface area contributed by atoms with Gasteiger partial charge in [-0.3, -0.25) is 20.4 Å². The number of hydrogen-bond acceptors (Lipinski definition) is 3. The maximum absolute atomic E-state index is 12.3. The zero-order valence-corrected chi connectivity index (χ0v) is 17.5. The first kappa shape index (κ1) is 20.6. The molecule has 1 aromatic carbocycles. The molecule has 152 valence electrons. The van der Waals surface area contributed by atoms with Crippen molar-refractivity contribution in [3.8, 4) is 0 Å². The number of hydrogen-bond donors (Lipinski definition) is 3. The van der Waals surface area contributed by atoms with Crippen molar-refractivity contribution in [1.82, 2.24) is 21.1 Å². The molecule has 1 heterocycles. The van der Waals surface area contributed by atoms with Crippen LogP contribution in [-0.2, 0) is 11.3 Å². The number of nitrogens with one attached hydrogen (secondary N) is 3. The first-order valence-corrected chi connectivity index (χ1v) is 10.6. The van der Waals surface area contributed by atoms with E-state index in [1.54, 1.807) is 12.1 Å². The van der Waals surface area contributed by atoms with Crippen LogP contribution in [0.15, 0.2) is 24.3 Å². The van der Waals surface area contributed by atoms with Gasteiger partial charge in [-0.25, -0.2) is 0 Å². The monoisotopic (exact) mass is 402 g/mol. The van der Waals surface area contributed by atoms with E-state index in [9.17, 15) is 9.59 Å². The van der Waals surface area contributed by atoms with E-state index in [1.807, 2.05) is 17.0 Å². The van der Waals surface area contributed by atoms with Gasteiger partial charge in [0.15, 0.2) is 5.11 Å². The summed E-state index contributed by atoms with van der Waals surface area (Å²) in [5.41, 5.74) is 7.04. The normalized spacial score (nSPS) is 24.7. The van der Waals surface area contributed by atoms with E-state index < -0.39 is 0 Å². The number of benzene rings is 1. The van der Waals surface area contributed by atoms with E-state index in [2.05, 4.69) is 30.0 Å². The van der Waals surface area contributed by atoms with Crippen LogP contribution in [0.3, 0.4) is 0 Å². The van der Waals surface area contributed by atoms with E-state index >= 15 is 0 Å². The van der Waals surface area contributed by atoms with Crippen LogP contribution in [0.5, 0.6) is 0 Å². The van der Waals surface area contributed by atoms with Gasteiger partial charge < -0.3 is 10.2 Å². The zero-order chi connectivity index (χ0) is 20.1. The van der Waals surface area contributed by atoms with Gasteiger partial charge in [-0.15, -0.1) is 0 Å². The highest BCUT2D eigenvalue weighted by Crippen LogP contribution is 2.29. The van der Waals surface area contributed by atoms with Crippen molar-refractivity contribution in [2.75, 3.05) is 6.54 Å². The third-order valence-electron chi connectivity index (χ3n) is 6.07. The van der Waals surface area contributed by atoms with Gasteiger partial charge in [0, 0.05) is 31.1 Å². The van der Waals surface area contributed by atoms with Gasteiger partial charge in [0.1, 0.15) is 0 Å². The second-order valence-electron chi connectivity index (χ2n) is 8.04. The van der Waals surface area contributed by atoms with Crippen molar-refractivity contribution in [2.45, 2.75) is 58.5 Å². The second kappa shape index (κ2) is 9.37. The molecule has 1 aromatic rings. The van der Waals surface area contributed by atoms with Gasteiger partial charge in [-0.05, 0) is 54.6 Å². The van der Waals surface area contributed by atoms with E-state index in [-0.39, 0.29) is 11.8 Å². The summed E-state index contributed by atoms with van der Waals surface area (Å²) in [5, 5.41) is 3.78. The molecule has 0 unspecified atom stereocenters. The maximum Gasteiger partial charge on any atom is 0.269 e. The lowest BCUT2D eigenvalue weighted by molar-refractivity contribution is -0.128. The summed E-state index contributed by atoms with van der Waals surface area (Å²) in [6.07, 6.45) is 5.13. The number of amides is 2. The molecule has 1 saturated heterocycles. The fourth-order valence-electron chi connectivity index (χ4n) is 4.03. The second-order valence-corrected chi connectivity index (χ2v) is 8.45. The molecule has 0 bridgehead atoms. The van der Waals surface area contributed by atoms with Crippen molar-refractivity contribution >= 4 is 29.1 Å². The molecule has 6 nitrogen and oxygen atoms in total. The summed E-state index contributed by atoms with van der Waals surface area (Å²) in [4.78, 5) is 25.9. The molecule has 0 radical (unpaired) electrons. The molecule has 0 spiro atoms. The van der Waals surface area contributed by atoms with Crippen molar-refractivity contribution < 1.29 is 9.59 Å². The highest BCUT2D eigenvalue weighted by molar-refractivity contribution is 7.80. The minimum atomic E-state index is -0.238. The Bertz CT molecular complexity index is 722.